The normalized spacial score (nSPS) is 15.3. The fraction of sp³-hybridized carbons (Fsp3) is 0.423. The first-order chi connectivity index (χ1) is 16.0. The third kappa shape index (κ3) is 5.21. The number of carbonyl (C=O) groups is 1. The summed E-state index contributed by atoms with van der Waals surface area (Å²) in [5, 5.41) is 18.3. The van der Waals surface area contributed by atoms with Gasteiger partial charge in [0.2, 0.25) is 0 Å². The van der Waals surface area contributed by atoms with Crippen molar-refractivity contribution >= 4 is 34.4 Å². The van der Waals surface area contributed by atoms with Gasteiger partial charge in [-0.1, -0.05) is 44.2 Å². The largest absolute Gasteiger partial charge is 0.390 e. The van der Waals surface area contributed by atoms with Crippen molar-refractivity contribution in [3.05, 3.63) is 65.4 Å². The lowest BCUT2D eigenvalue weighted by molar-refractivity contribution is 0.0832. The summed E-state index contributed by atoms with van der Waals surface area (Å²) in [7, 11) is 2.06. The molecule has 1 amide bonds. The Morgan fingerprint density at radius 3 is 2.73 bits per heavy atom. The number of nitrogens with one attached hydrogen (secondary N) is 2. The molecule has 176 valence electrons. The monoisotopic (exact) mass is 466 g/mol. The highest BCUT2D eigenvalue weighted by molar-refractivity contribution is 8.00. The van der Waals surface area contributed by atoms with E-state index in [2.05, 4.69) is 39.7 Å². The maximum atomic E-state index is 13.5. The molecule has 1 aliphatic heterocycles. The number of aliphatic hydroxyl groups is 1. The van der Waals surface area contributed by atoms with Crippen LogP contribution >= 0.6 is 11.9 Å². The molecule has 7 heteroatoms. The minimum atomic E-state index is -0.690. The van der Waals surface area contributed by atoms with E-state index in [0.29, 0.717) is 18.5 Å². The molecule has 6 nitrogen and oxygen atoms in total. The van der Waals surface area contributed by atoms with Gasteiger partial charge in [-0.3, -0.25) is 4.79 Å². The molecule has 0 bridgehead atoms. The predicted octanol–water partition coefficient (Wildman–Crippen LogP) is 3.61. The van der Waals surface area contributed by atoms with Crippen LogP contribution in [0.4, 0.5) is 5.69 Å². The summed E-state index contributed by atoms with van der Waals surface area (Å²) in [5.74, 6) is 0.845. The van der Waals surface area contributed by atoms with Crippen molar-refractivity contribution in [3.8, 4) is 0 Å². The van der Waals surface area contributed by atoms with Crippen LogP contribution in [-0.2, 0) is 19.4 Å². The van der Waals surface area contributed by atoms with E-state index in [1.54, 1.807) is 11.9 Å². The first kappa shape index (κ1) is 23.7. The number of benzene rings is 2. The average Bonchev–Trinajstić information content (AvgIpc) is 3.11. The van der Waals surface area contributed by atoms with Crippen LogP contribution in [0.15, 0.2) is 48.7 Å². The molecule has 4 rings (SSSR count). The van der Waals surface area contributed by atoms with Crippen molar-refractivity contribution in [2.45, 2.75) is 45.4 Å². The number of aromatic nitrogens is 1. The lowest BCUT2D eigenvalue weighted by atomic mass is 10.00. The summed E-state index contributed by atoms with van der Waals surface area (Å²) in [5.41, 5.74) is 5.24. The minimum absolute atomic E-state index is 0.151. The molecular weight excluding hydrogens is 432 g/mol. The highest BCUT2D eigenvalue weighted by atomic mass is 32.2. The standard InChI is InChI=1S/C26H34N4O2S/c1-4-19-17-30-11-12-33-29(3)23-15-20(14-21(19)25(23)30)26(32)28-22(24(31)16-27-5-2)13-18-9-7-6-8-10-18/h6-10,14-15,17,22,24,27,31H,4-5,11-13,16H2,1-3H3,(H,28,32)/t22-,24+/m0/s1. The number of nitrogens with zero attached hydrogens (tertiary/aromatic N) is 2. The third-order valence-electron chi connectivity index (χ3n) is 6.32. The molecule has 33 heavy (non-hydrogen) atoms. The zero-order valence-corrected chi connectivity index (χ0v) is 20.5. The molecule has 0 unspecified atom stereocenters. The predicted molar refractivity (Wildman–Crippen MR) is 138 cm³/mol. The van der Waals surface area contributed by atoms with Gasteiger partial charge in [-0.15, -0.1) is 0 Å². The quantitative estimate of drug-likeness (QED) is 0.420. The molecule has 0 saturated heterocycles. The smallest absolute Gasteiger partial charge is 0.251 e. The summed E-state index contributed by atoms with van der Waals surface area (Å²) in [6.07, 6.45) is 3.03. The van der Waals surface area contributed by atoms with Gasteiger partial charge in [0.15, 0.2) is 0 Å². The Labute approximate surface area is 200 Å². The van der Waals surface area contributed by atoms with E-state index < -0.39 is 12.1 Å². The first-order valence-corrected chi connectivity index (χ1v) is 12.7. The van der Waals surface area contributed by atoms with E-state index in [1.807, 2.05) is 49.4 Å². The van der Waals surface area contributed by atoms with Gasteiger partial charge in [0, 0.05) is 43.0 Å². The van der Waals surface area contributed by atoms with Crippen molar-refractivity contribution in [1.82, 2.24) is 15.2 Å². The zero-order chi connectivity index (χ0) is 23.4. The van der Waals surface area contributed by atoms with Gasteiger partial charge in [0.05, 0.1) is 23.3 Å². The van der Waals surface area contributed by atoms with E-state index in [0.717, 1.165) is 41.9 Å². The third-order valence-corrected chi connectivity index (χ3v) is 7.27. The number of aliphatic hydroxyl groups excluding tert-OH is 1. The number of hydrogen-bond donors (Lipinski definition) is 3. The maximum absolute atomic E-state index is 13.5. The molecule has 0 saturated carbocycles. The number of hydrogen-bond acceptors (Lipinski definition) is 5. The van der Waals surface area contributed by atoms with Crippen LogP contribution in [0.25, 0.3) is 10.9 Å². The van der Waals surface area contributed by atoms with Crippen LogP contribution in [0, 0.1) is 0 Å². The molecular formula is C26H34N4O2S. The SMILES string of the molecule is CCNC[C@@H](O)[C@H](Cc1ccccc1)NC(=O)c1cc2c3c(c1)c(CC)cn3CCSN2C. The van der Waals surface area contributed by atoms with E-state index in [-0.39, 0.29) is 5.91 Å². The topological polar surface area (TPSA) is 69.5 Å². The Hall–Kier alpha value is -2.48. The fourth-order valence-corrected chi connectivity index (χ4v) is 5.33. The van der Waals surface area contributed by atoms with Crippen LogP contribution in [-0.4, -0.2) is 53.6 Å². The van der Waals surface area contributed by atoms with Gasteiger partial charge < -0.3 is 24.6 Å². The zero-order valence-electron chi connectivity index (χ0n) is 19.7. The lowest BCUT2D eigenvalue weighted by Gasteiger charge is -2.25. The second kappa shape index (κ2) is 10.6. The Bertz CT molecular complexity index is 1100. The number of amides is 1. The molecule has 3 N–H and O–H groups in total. The fourth-order valence-electron chi connectivity index (χ4n) is 4.50. The van der Waals surface area contributed by atoms with Gasteiger partial charge in [-0.25, -0.2) is 0 Å². The second-order valence-corrected chi connectivity index (χ2v) is 9.78. The molecule has 0 aliphatic carbocycles. The number of rotatable bonds is 9. The lowest BCUT2D eigenvalue weighted by Crippen LogP contribution is -2.48. The summed E-state index contributed by atoms with van der Waals surface area (Å²) in [4.78, 5) is 13.5. The molecule has 2 aromatic carbocycles. The molecule has 0 fully saturated rings. The van der Waals surface area contributed by atoms with E-state index in [4.69, 9.17) is 0 Å². The van der Waals surface area contributed by atoms with Gasteiger partial charge in [0.1, 0.15) is 0 Å². The Morgan fingerprint density at radius 2 is 2.00 bits per heavy atom. The van der Waals surface area contributed by atoms with Crippen molar-refractivity contribution in [1.29, 1.82) is 0 Å². The summed E-state index contributed by atoms with van der Waals surface area (Å²) in [6.45, 7) is 6.32. The number of anilines is 1. The summed E-state index contributed by atoms with van der Waals surface area (Å²) in [6, 6.07) is 13.6. The van der Waals surface area contributed by atoms with Crippen molar-refractivity contribution in [3.63, 3.8) is 0 Å². The van der Waals surface area contributed by atoms with E-state index in [9.17, 15) is 9.90 Å². The van der Waals surface area contributed by atoms with Crippen LogP contribution in [0.3, 0.4) is 0 Å². The van der Waals surface area contributed by atoms with Gasteiger partial charge in [-0.05, 0) is 54.6 Å². The van der Waals surface area contributed by atoms with Crippen molar-refractivity contribution in [2.24, 2.45) is 0 Å². The second-order valence-electron chi connectivity index (χ2n) is 8.57. The molecule has 0 spiro atoms. The first-order valence-electron chi connectivity index (χ1n) is 11.8. The van der Waals surface area contributed by atoms with Gasteiger partial charge in [0.25, 0.3) is 5.91 Å². The Morgan fingerprint density at radius 1 is 1.21 bits per heavy atom. The molecule has 0 radical (unpaired) electrons. The number of likely N-dealkylation sites (N-methyl/N-ethyl adjacent to an activating group) is 1. The molecule has 1 aliphatic rings. The maximum Gasteiger partial charge on any atom is 0.251 e. The van der Waals surface area contributed by atoms with E-state index >= 15 is 0 Å². The highest BCUT2D eigenvalue weighted by Gasteiger charge is 2.25. The van der Waals surface area contributed by atoms with Gasteiger partial charge in [-0.2, -0.15) is 0 Å². The average molecular weight is 467 g/mol. The van der Waals surface area contributed by atoms with Crippen molar-refractivity contribution in [2.75, 3.05) is 30.2 Å². The number of aryl methyl sites for hydroxylation is 2. The Balaban J connectivity index is 1.66. The van der Waals surface area contributed by atoms with Crippen LogP contribution < -0.4 is 14.9 Å². The van der Waals surface area contributed by atoms with Crippen LogP contribution in [0.2, 0.25) is 0 Å². The highest BCUT2D eigenvalue weighted by Crippen LogP contribution is 2.37. The minimum Gasteiger partial charge on any atom is -0.390 e. The number of carbonyl (C=O) groups excluding carboxylic acids is 1. The Kier molecular flexibility index (Phi) is 7.63. The molecule has 3 aromatic rings. The molecule has 2 atom stereocenters. The van der Waals surface area contributed by atoms with Crippen molar-refractivity contribution < 1.29 is 9.90 Å². The van der Waals surface area contributed by atoms with Gasteiger partial charge >= 0.3 is 0 Å². The molecule has 2 heterocycles. The van der Waals surface area contributed by atoms with E-state index in [1.165, 1.54) is 11.1 Å². The summed E-state index contributed by atoms with van der Waals surface area (Å²) < 4.78 is 4.49. The summed E-state index contributed by atoms with van der Waals surface area (Å²) >= 11 is 1.77. The van der Waals surface area contributed by atoms with Crippen LogP contribution in [0.1, 0.15) is 35.3 Å². The molecule has 1 aromatic heterocycles. The van der Waals surface area contributed by atoms with Crippen LogP contribution in [0.5, 0.6) is 0 Å².